The van der Waals surface area contributed by atoms with Gasteiger partial charge in [-0.2, -0.15) is 0 Å². The molecule has 0 aromatic heterocycles. The monoisotopic (exact) mass is 321 g/mol. The van der Waals surface area contributed by atoms with Crippen LogP contribution in [0.25, 0.3) is 0 Å². The van der Waals surface area contributed by atoms with Gasteiger partial charge in [-0.1, -0.05) is 45.0 Å². The summed E-state index contributed by atoms with van der Waals surface area (Å²) in [6.45, 7) is 10.6. The molecule has 1 aromatic rings. The largest absolute Gasteiger partial charge is 0.463 e. The number of aliphatic hydroxyl groups is 1. The van der Waals surface area contributed by atoms with Crippen LogP contribution in [0.4, 0.5) is 0 Å². The highest BCUT2D eigenvalue weighted by molar-refractivity contribution is 5.69. The van der Waals surface area contributed by atoms with Crippen molar-refractivity contribution >= 4 is 5.97 Å². The maximum Gasteiger partial charge on any atom is 0.305 e. The first-order valence-corrected chi connectivity index (χ1v) is 8.52. The fraction of sp³-hybridized carbons (Fsp3) is 0.632. The summed E-state index contributed by atoms with van der Waals surface area (Å²) in [6.07, 6.45) is 0.520. The van der Waals surface area contributed by atoms with Crippen molar-refractivity contribution in [3.63, 3.8) is 0 Å². The van der Waals surface area contributed by atoms with Gasteiger partial charge in [0.15, 0.2) is 0 Å². The van der Waals surface area contributed by atoms with Crippen molar-refractivity contribution in [1.29, 1.82) is 0 Å². The molecule has 1 atom stereocenters. The second kappa shape index (κ2) is 10.4. The van der Waals surface area contributed by atoms with Crippen LogP contribution in [-0.2, 0) is 16.1 Å². The molecule has 1 rings (SSSR count). The minimum atomic E-state index is -0.654. The van der Waals surface area contributed by atoms with Crippen LogP contribution >= 0.6 is 0 Å². The molecule has 0 amide bonds. The molecule has 0 saturated heterocycles. The summed E-state index contributed by atoms with van der Waals surface area (Å²) >= 11 is 0. The second-order valence-corrected chi connectivity index (χ2v) is 6.60. The van der Waals surface area contributed by atoms with Crippen LogP contribution in [0.1, 0.15) is 44.7 Å². The van der Waals surface area contributed by atoms with Crippen molar-refractivity contribution < 1.29 is 14.6 Å². The summed E-state index contributed by atoms with van der Waals surface area (Å²) in [5.74, 6) is 0.273. The third-order valence-corrected chi connectivity index (χ3v) is 3.64. The van der Waals surface area contributed by atoms with E-state index in [0.29, 0.717) is 18.9 Å². The van der Waals surface area contributed by atoms with Crippen LogP contribution in [0.2, 0.25) is 0 Å². The van der Waals surface area contributed by atoms with Gasteiger partial charge in [-0.3, -0.25) is 9.69 Å². The first kappa shape index (κ1) is 19.7. The molecule has 1 unspecified atom stereocenters. The number of hydrogen-bond acceptors (Lipinski definition) is 4. The molecule has 23 heavy (non-hydrogen) atoms. The minimum absolute atomic E-state index is 0.0706. The summed E-state index contributed by atoms with van der Waals surface area (Å²) in [4.78, 5) is 13.6. The summed E-state index contributed by atoms with van der Waals surface area (Å²) in [7, 11) is 0. The van der Waals surface area contributed by atoms with E-state index in [1.54, 1.807) is 0 Å². The Bertz CT molecular complexity index is 473. The fourth-order valence-electron chi connectivity index (χ4n) is 2.56. The van der Waals surface area contributed by atoms with Crippen molar-refractivity contribution in [1.82, 2.24) is 4.90 Å². The van der Waals surface area contributed by atoms with E-state index < -0.39 is 6.10 Å². The number of esters is 1. The Morgan fingerprint density at radius 3 is 2.57 bits per heavy atom. The lowest BCUT2D eigenvalue weighted by atomic mass is 10.1. The van der Waals surface area contributed by atoms with Gasteiger partial charge in [-0.15, -0.1) is 0 Å². The highest BCUT2D eigenvalue weighted by Gasteiger charge is 2.16. The van der Waals surface area contributed by atoms with E-state index in [1.165, 1.54) is 11.1 Å². The summed E-state index contributed by atoms with van der Waals surface area (Å²) in [6, 6.07) is 8.30. The van der Waals surface area contributed by atoms with Crippen LogP contribution in [0.5, 0.6) is 0 Å². The number of benzene rings is 1. The maximum atomic E-state index is 11.4. The van der Waals surface area contributed by atoms with E-state index in [4.69, 9.17) is 4.74 Å². The van der Waals surface area contributed by atoms with Gasteiger partial charge in [0.1, 0.15) is 12.7 Å². The average Bonchev–Trinajstić information content (AvgIpc) is 2.47. The molecule has 1 N–H and O–H groups in total. The van der Waals surface area contributed by atoms with Gasteiger partial charge in [0.05, 0.1) is 0 Å². The molecule has 4 nitrogen and oxygen atoms in total. The highest BCUT2D eigenvalue weighted by Crippen LogP contribution is 2.12. The molecule has 1 aromatic carbocycles. The molecule has 0 saturated carbocycles. The van der Waals surface area contributed by atoms with Gasteiger partial charge in [0.25, 0.3) is 0 Å². The van der Waals surface area contributed by atoms with E-state index in [9.17, 15) is 9.90 Å². The molecule has 0 radical (unpaired) electrons. The van der Waals surface area contributed by atoms with E-state index in [0.717, 1.165) is 19.5 Å². The van der Waals surface area contributed by atoms with Gasteiger partial charge in [-0.05, 0) is 30.4 Å². The number of hydrogen-bond donors (Lipinski definition) is 1. The standard InChI is InChI=1S/C19H31NO3/c1-5-8-19(22)23-14-18(21)13-20(11-15(2)3)12-17-10-7-6-9-16(17)4/h6-7,9-10,15,18,21H,5,8,11-14H2,1-4H3. The van der Waals surface area contributed by atoms with E-state index >= 15 is 0 Å². The number of aliphatic hydroxyl groups excluding tert-OH is 1. The average molecular weight is 321 g/mol. The molecule has 0 aliphatic carbocycles. The Morgan fingerprint density at radius 2 is 1.96 bits per heavy atom. The lowest BCUT2D eigenvalue weighted by Gasteiger charge is -2.27. The van der Waals surface area contributed by atoms with Crippen LogP contribution in [0.15, 0.2) is 24.3 Å². The Balaban J connectivity index is 2.57. The minimum Gasteiger partial charge on any atom is -0.463 e. The van der Waals surface area contributed by atoms with Crippen LogP contribution < -0.4 is 0 Å². The quantitative estimate of drug-likeness (QED) is 0.673. The number of carbonyl (C=O) groups is 1. The Kier molecular flexibility index (Phi) is 8.89. The molecule has 0 fully saturated rings. The zero-order valence-electron chi connectivity index (χ0n) is 14.9. The highest BCUT2D eigenvalue weighted by atomic mass is 16.5. The third-order valence-electron chi connectivity index (χ3n) is 3.64. The summed E-state index contributed by atoms with van der Waals surface area (Å²) in [5, 5.41) is 10.2. The number of ether oxygens (including phenoxy) is 1. The van der Waals surface area contributed by atoms with Gasteiger partial charge in [-0.25, -0.2) is 0 Å². The summed E-state index contributed by atoms with van der Waals surface area (Å²) < 4.78 is 5.11. The molecule has 0 heterocycles. The van der Waals surface area contributed by atoms with E-state index in [-0.39, 0.29) is 12.6 Å². The predicted octanol–water partition coefficient (Wildman–Crippen LogP) is 3.16. The van der Waals surface area contributed by atoms with Crippen LogP contribution in [0.3, 0.4) is 0 Å². The molecule has 0 aliphatic heterocycles. The predicted molar refractivity (Wildman–Crippen MR) is 93.2 cm³/mol. The maximum absolute atomic E-state index is 11.4. The molecular weight excluding hydrogens is 290 g/mol. The molecule has 4 heteroatoms. The molecular formula is C19H31NO3. The van der Waals surface area contributed by atoms with Crippen molar-refractivity contribution in [2.45, 2.75) is 53.2 Å². The number of nitrogens with zero attached hydrogens (tertiary/aromatic N) is 1. The summed E-state index contributed by atoms with van der Waals surface area (Å²) in [5.41, 5.74) is 2.52. The number of aryl methyl sites for hydroxylation is 1. The first-order chi connectivity index (χ1) is 10.9. The normalized spacial score (nSPS) is 12.7. The van der Waals surface area contributed by atoms with Gasteiger partial charge in [0, 0.05) is 26.1 Å². The third kappa shape index (κ3) is 8.14. The van der Waals surface area contributed by atoms with Gasteiger partial charge >= 0.3 is 5.97 Å². The zero-order valence-corrected chi connectivity index (χ0v) is 14.9. The zero-order chi connectivity index (χ0) is 17.2. The second-order valence-electron chi connectivity index (χ2n) is 6.60. The number of carbonyl (C=O) groups excluding carboxylic acids is 1. The van der Waals surface area contributed by atoms with Crippen molar-refractivity contribution in [3.05, 3.63) is 35.4 Å². The lowest BCUT2D eigenvalue weighted by molar-refractivity contribution is -0.147. The van der Waals surface area contributed by atoms with Crippen molar-refractivity contribution in [3.8, 4) is 0 Å². The van der Waals surface area contributed by atoms with Gasteiger partial charge in [0.2, 0.25) is 0 Å². The Hall–Kier alpha value is -1.39. The Labute approximate surface area is 140 Å². The smallest absolute Gasteiger partial charge is 0.305 e. The van der Waals surface area contributed by atoms with Crippen LogP contribution in [-0.4, -0.2) is 41.8 Å². The van der Waals surface area contributed by atoms with Gasteiger partial charge < -0.3 is 9.84 Å². The molecule has 0 bridgehead atoms. The van der Waals surface area contributed by atoms with Crippen LogP contribution in [0, 0.1) is 12.8 Å². The SMILES string of the molecule is CCCC(=O)OCC(O)CN(Cc1ccccc1C)CC(C)C. The molecule has 0 spiro atoms. The fourth-order valence-corrected chi connectivity index (χ4v) is 2.56. The van der Waals surface area contributed by atoms with E-state index in [2.05, 4.69) is 37.8 Å². The molecule has 130 valence electrons. The lowest BCUT2D eigenvalue weighted by Crippen LogP contribution is -2.37. The first-order valence-electron chi connectivity index (χ1n) is 8.52. The van der Waals surface area contributed by atoms with E-state index in [1.807, 2.05) is 19.1 Å². The Morgan fingerprint density at radius 1 is 1.26 bits per heavy atom. The van der Waals surface area contributed by atoms with Crippen molar-refractivity contribution in [2.75, 3.05) is 19.7 Å². The van der Waals surface area contributed by atoms with Crippen molar-refractivity contribution in [2.24, 2.45) is 5.92 Å². The number of rotatable bonds is 10. The topological polar surface area (TPSA) is 49.8 Å². The molecule has 0 aliphatic rings.